The third-order valence-electron chi connectivity index (χ3n) is 3.39. The molecule has 0 saturated carbocycles. The van der Waals surface area contributed by atoms with Gasteiger partial charge in [-0.1, -0.05) is 31.9 Å². The number of unbranched alkanes of at least 4 members (excludes halogenated alkanes) is 3. The zero-order valence-electron chi connectivity index (χ0n) is 13.4. The fourth-order valence-corrected chi connectivity index (χ4v) is 2.08. The highest BCUT2D eigenvalue weighted by Gasteiger charge is 2.02. The Kier molecular flexibility index (Phi) is 6.80. The van der Waals surface area contributed by atoms with Crippen LogP contribution < -0.4 is 4.74 Å². The van der Waals surface area contributed by atoms with Crippen molar-refractivity contribution in [3.05, 3.63) is 54.4 Å². The van der Waals surface area contributed by atoms with Crippen LogP contribution in [0.25, 0.3) is 11.4 Å². The molecule has 0 N–H and O–H groups in total. The highest BCUT2D eigenvalue weighted by Crippen LogP contribution is 2.17. The van der Waals surface area contributed by atoms with E-state index in [9.17, 15) is 0 Å². The maximum atomic E-state index is 8.80. The molecule has 1 aromatic heterocycles. The van der Waals surface area contributed by atoms with E-state index in [0.29, 0.717) is 23.7 Å². The summed E-state index contributed by atoms with van der Waals surface area (Å²) in [6, 6.07) is 9.29. The van der Waals surface area contributed by atoms with Gasteiger partial charge < -0.3 is 4.74 Å². The topological polar surface area (TPSA) is 58.8 Å². The van der Waals surface area contributed by atoms with Gasteiger partial charge in [-0.2, -0.15) is 5.26 Å². The molecule has 0 saturated heterocycles. The van der Waals surface area contributed by atoms with Gasteiger partial charge in [0.1, 0.15) is 6.61 Å². The van der Waals surface area contributed by atoms with Crippen LogP contribution >= 0.6 is 0 Å². The summed E-state index contributed by atoms with van der Waals surface area (Å²) in [6.45, 7) is 2.74. The Morgan fingerprint density at radius 3 is 2.48 bits per heavy atom. The maximum absolute atomic E-state index is 8.80. The first-order chi connectivity index (χ1) is 11.3. The van der Waals surface area contributed by atoms with E-state index in [2.05, 4.69) is 29.0 Å². The molecule has 23 heavy (non-hydrogen) atoms. The highest BCUT2D eigenvalue weighted by atomic mass is 16.5. The van der Waals surface area contributed by atoms with Crippen LogP contribution in [0, 0.1) is 11.3 Å². The molecule has 0 atom stereocenters. The van der Waals surface area contributed by atoms with Gasteiger partial charge in [0.25, 0.3) is 0 Å². The van der Waals surface area contributed by atoms with E-state index in [1.54, 1.807) is 24.5 Å². The van der Waals surface area contributed by atoms with Crippen molar-refractivity contribution in [3.8, 4) is 23.2 Å². The first kappa shape index (κ1) is 16.7. The Bertz CT molecular complexity index is 655. The lowest BCUT2D eigenvalue weighted by Crippen LogP contribution is -1.96. The Morgan fingerprint density at radius 1 is 1.09 bits per heavy atom. The number of aromatic nitrogens is 2. The lowest BCUT2D eigenvalue weighted by Gasteiger charge is -2.04. The van der Waals surface area contributed by atoms with Gasteiger partial charge in [-0.05, 0) is 37.1 Å². The van der Waals surface area contributed by atoms with Gasteiger partial charge in [0, 0.05) is 5.56 Å². The van der Waals surface area contributed by atoms with E-state index in [0.717, 1.165) is 12.0 Å². The number of allylic oxidation sites excluding steroid dienone is 1. The molecule has 0 aliphatic rings. The zero-order chi connectivity index (χ0) is 16.3. The van der Waals surface area contributed by atoms with Gasteiger partial charge in [-0.15, -0.1) is 0 Å². The molecule has 4 heteroatoms. The van der Waals surface area contributed by atoms with Crippen molar-refractivity contribution < 1.29 is 4.74 Å². The SMILES string of the molecule is CCCCC/C=C/COc1cnc(-c2ccc(C#N)cc2)nc1. The summed E-state index contributed by atoms with van der Waals surface area (Å²) in [6.07, 6.45) is 12.4. The summed E-state index contributed by atoms with van der Waals surface area (Å²) in [5, 5.41) is 8.80. The molecular weight excluding hydrogens is 286 g/mol. The largest absolute Gasteiger partial charge is 0.486 e. The number of ether oxygens (including phenoxy) is 1. The summed E-state index contributed by atoms with van der Waals surface area (Å²) >= 11 is 0. The summed E-state index contributed by atoms with van der Waals surface area (Å²) in [7, 11) is 0. The van der Waals surface area contributed by atoms with Gasteiger partial charge in [-0.3, -0.25) is 0 Å². The van der Waals surface area contributed by atoms with Gasteiger partial charge in [0.2, 0.25) is 0 Å². The van der Waals surface area contributed by atoms with E-state index < -0.39 is 0 Å². The van der Waals surface area contributed by atoms with E-state index in [1.807, 2.05) is 18.2 Å². The standard InChI is InChI=1S/C19H21N3O/c1-2-3-4-5-6-7-12-23-18-14-21-19(22-15-18)17-10-8-16(13-20)9-11-17/h6-11,14-15H,2-5,12H2,1H3/b7-6+. The van der Waals surface area contributed by atoms with Gasteiger partial charge >= 0.3 is 0 Å². The predicted octanol–water partition coefficient (Wildman–Crippen LogP) is 4.53. The maximum Gasteiger partial charge on any atom is 0.159 e. The van der Waals surface area contributed by atoms with Crippen molar-refractivity contribution in [2.24, 2.45) is 0 Å². The molecule has 0 radical (unpaired) electrons. The molecule has 0 unspecified atom stereocenters. The quantitative estimate of drug-likeness (QED) is 0.531. The molecule has 2 aromatic rings. The molecule has 0 aliphatic carbocycles. The number of hydrogen-bond acceptors (Lipinski definition) is 4. The fraction of sp³-hybridized carbons (Fsp3) is 0.316. The number of nitrogens with zero attached hydrogens (tertiary/aromatic N) is 3. The molecule has 1 heterocycles. The van der Waals surface area contributed by atoms with Crippen LogP contribution in [0.1, 0.15) is 38.2 Å². The van der Waals surface area contributed by atoms with E-state index in [-0.39, 0.29) is 0 Å². The van der Waals surface area contributed by atoms with E-state index in [1.165, 1.54) is 19.3 Å². The Balaban J connectivity index is 1.83. The molecule has 0 spiro atoms. The van der Waals surface area contributed by atoms with Crippen molar-refractivity contribution in [2.75, 3.05) is 6.61 Å². The molecule has 0 bridgehead atoms. The molecule has 2 rings (SSSR count). The molecule has 1 aromatic carbocycles. The Labute approximate surface area is 137 Å². The van der Waals surface area contributed by atoms with Crippen LogP contribution in [0.3, 0.4) is 0 Å². The van der Waals surface area contributed by atoms with Gasteiger partial charge in [0.05, 0.1) is 24.0 Å². The number of benzene rings is 1. The second-order valence-corrected chi connectivity index (χ2v) is 5.21. The first-order valence-electron chi connectivity index (χ1n) is 7.94. The molecule has 0 amide bonds. The van der Waals surface area contributed by atoms with Crippen molar-refractivity contribution in [2.45, 2.75) is 32.6 Å². The Hall–Kier alpha value is -2.67. The zero-order valence-corrected chi connectivity index (χ0v) is 13.4. The van der Waals surface area contributed by atoms with E-state index >= 15 is 0 Å². The van der Waals surface area contributed by atoms with E-state index in [4.69, 9.17) is 10.00 Å². The fourth-order valence-electron chi connectivity index (χ4n) is 2.08. The predicted molar refractivity (Wildman–Crippen MR) is 91.0 cm³/mol. The average Bonchev–Trinajstić information content (AvgIpc) is 2.61. The Morgan fingerprint density at radius 2 is 1.83 bits per heavy atom. The minimum absolute atomic E-state index is 0.533. The van der Waals surface area contributed by atoms with Crippen LogP contribution in [0.4, 0.5) is 0 Å². The normalized spacial score (nSPS) is 10.6. The number of rotatable bonds is 8. The van der Waals surface area contributed by atoms with Gasteiger partial charge in [0.15, 0.2) is 11.6 Å². The second-order valence-electron chi connectivity index (χ2n) is 5.21. The van der Waals surface area contributed by atoms with Crippen molar-refractivity contribution in [3.63, 3.8) is 0 Å². The third-order valence-corrected chi connectivity index (χ3v) is 3.39. The lowest BCUT2D eigenvalue weighted by atomic mass is 10.1. The van der Waals surface area contributed by atoms with Crippen LogP contribution in [0.2, 0.25) is 0 Å². The van der Waals surface area contributed by atoms with Crippen molar-refractivity contribution >= 4 is 0 Å². The highest BCUT2D eigenvalue weighted by molar-refractivity contribution is 5.56. The smallest absolute Gasteiger partial charge is 0.159 e. The van der Waals surface area contributed by atoms with Gasteiger partial charge in [-0.25, -0.2) is 9.97 Å². The molecular formula is C19H21N3O. The third kappa shape index (κ3) is 5.55. The minimum atomic E-state index is 0.533. The van der Waals surface area contributed by atoms with Crippen LogP contribution in [0.5, 0.6) is 5.75 Å². The molecule has 118 valence electrons. The van der Waals surface area contributed by atoms with Crippen LogP contribution in [-0.2, 0) is 0 Å². The van der Waals surface area contributed by atoms with Crippen LogP contribution in [0.15, 0.2) is 48.8 Å². The number of hydrogen-bond donors (Lipinski definition) is 0. The second kappa shape index (κ2) is 9.37. The molecule has 0 fully saturated rings. The molecule has 4 nitrogen and oxygen atoms in total. The molecule has 0 aliphatic heterocycles. The van der Waals surface area contributed by atoms with Crippen LogP contribution in [-0.4, -0.2) is 16.6 Å². The summed E-state index contributed by atoms with van der Waals surface area (Å²) < 4.78 is 5.59. The summed E-state index contributed by atoms with van der Waals surface area (Å²) in [4.78, 5) is 8.60. The number of nitriles is 1. The minimum Gasteiger partial charge on any atom is -0.486 e. The van der Waals surface area contributed by atoms with Crippen molar-refractivity contribution in [1.82, 2.24) is 9.97 Å². The average molecular weight is 307 g/mol. The monoisotopic (exact) mass is 307 g/mol. The van der Waals surface area contributed by atoms with Crippen molar-refractivity contribution in [1.29, 1.82) is 5.26 Å². The summed E-state index contributed by atoms with van der Waals surface area (Å²) in [5.41, 5.74) is 1.51. The lowest BCUT2D eigenvalue weighted by molar-refractivity contribution is 0.359. The summed E-state index contributed by atoms with van der Waals surface area (Å²) in [5.74, 6) is 1.28. The first-order valence-corrected chi connectivity index (χ1v) is 7.94.